The largest absolute Gasteiger partial charge is 0.469 e. The van der Waals surface area contributed by atoms with Crippen LogP contribution in [-0.2, 0) is 10.8 Å². The van der Waals surface area contributed by atoms with E-state index in [4.69, 9.17) is 8.84 Å². The molecule has 1 N–H and O–H groups in total. The predicted molar refractivity (Wildman–Crippen MR) is 113 cm³/mol. The topological polar surface area (TPSA) is 42.6 Å². The Morgan fingerprint density at radius 3 is 2.63 bits per heavy atom. The maximum atomic E-state index is 9.95. The summed E-state index contributed by atoms with van der Waals surface area (Å²) in [5, 5.41) is 10.2. The molecule has 0 unspecified atom stereocenters. The zero-order valence-electron chi connectivity index (χ0n) is 17.9. The zero-order valence-corrected chi connectivity index (χ0v) is 18.9. The SMILES string of the molecule is CC(C)(C)[Si](C)(C)O[C@H]1CC=C2C(CCc3ccco3)=C(CO)CC[C@@]21C. The van der Waals surface area contributed by atoms with Crippen LogP contribution < -0.4 is 0 Å². The lowest BCUT2D eigenvalue weighted by Crippen LogP contribution is -2.48. The molecule has 1 aromatic rings. The lowest BCUT2D eigenvalue weighted by Gasteiger charge is -2.46. The van der Waals surface area contributed by atoms with Gasteiger partial charge in [0.2, 0.25) is 0 Å². The van der Waals surface area contributed by atoms with Crippen LogP contribution in [-0.4, -0.2) is 26.1 Å². The van der Waals surface area contributed by atoms with Crippen molar-refractivity contribution in [3.63, 3.8) is 0 Å². The van der Waals surface area contributed by atoms with E-state index in [1.807, 2.05) is 12.1 Å². The normalized spacial score (nSPS) is 26.3. The van der Waals surface area contributed by atoms with Crippen LogP contribution in [0.4, 0.5) is 0 Å². The highest BCUT2D eigenvalue weighted by molar-refractivity contribution is 6.74. The van der Waals surface area contributed by atoms with Crippen molar-refractivity contribution in [2.45, 2.75) is 84.0 Å². The van der Waals surface area contributed by atoms with Crippen LogP contribution in [0.3, 0.4) is 0 Å². The van der Waals surface area contributed by atoms with Crippen LogP contribution >= 0.6 is 0 Å². The highest BCUT2D eigenvalue weighted by Gasteiger charge is 2.49. The molecule has 2 atom stereocenters. The molecular weight excluding hydrogens is 352 g/mol. The van der Waals surface area contributed by atoms with Crippen molar-refractivity contribution >= 4 is 8.32 Å². The number of aliphatic hydroxyl groups is 1. The Hall–Kier alpha value is -1.10. The number of hydrogen-bond donors (Lipinski definition) is 1. The molecule has 0 fully saturated rings. The summed E-state index contributed by atoms with van der Waals surface area (Å²) in [4.78, 5) is 0. The maximum absolute atomic E-state index is 9.95. The van der Waals surface area contributed by atoms with E-state index in [-0.39, 0.29) is 23.2 Å². The summed E-state index contributed by atoms with van der Waals surface area (Å²) in [6.45, 7) is 14.2. The molecule has 27 heavy (non-hydrogen) atoms. The first-order valence-electron chi connectivity index (χ1n) is 10.3. The summed E-state index contributed by atoms with van der Waals surface area (Å²) in [5.74, 6) is 1.01. The van der Waals surface area contributed by atoms with E-state index < -0.39 is 8.32 Å². The number of rotatable bonds is 6. The molecule has 0 radical (unpaired) electrons. The molecule has 150 valence electrons. The lowest BCUT2D eigenvalue weighted by molar-refractivity contribution is 0.0794. The Bertz CT molecular complexity index is 721. The van der Waals surface area contributed by atoms with Crippen molar-refractivity contribution < 1.29 is 13.9 Å². The summed E-state index contributed by atoms with van der Waals surface area (Å²) in [6, 6.07) is 3.98. The molecule has 3 nitrogen and oxygen atoms in total. The molecule has 2 aliphatic rings. The minimum absolute atomic E-state index is 0.0622. The molecular formula is C23H36O3Si. The second-order valence-electron chi connectivity index (χ2n) is 9.96. The standard InChI is InChI=1S/C23H36O3Si/c1-22(2,3)27(5,6)26-21-12-11-20-19(10-9-18-8-7-15-25-18)17(16-24)13-14-23(20,21)4/h7-8,11,15,21,24H,9-10,12-14,16H2,1-6H3/t21-,23-/m0/s1. The van der Waals surface area contributed by atoms with Crippen LogP contribution in [0.2, 0.25) is 18.1 Å². The molecule has 4 heteroatoms. The molecule has 0 amide bonds. The fourth-order valence-corrected chi connectivity index (χ4v) is 5.73. The van der Waals surface area contributed by atoms with Crippen molar-refractivity contribution in [1.29, 1.82) is 0 Å². The fraction of sp³-hybridized carbons (Fsp3) is 0.652. The zero-order chi connectivity index (χ0) is 19.9. The van der Waals surface area contributed by atoms with Gasteiger partial charge >= 0.3 is 0 Å². The Labute approximate surface area is 165 Å². The third-order valence-electron chi connectivity index (χ3n) is 7.20. The van der Waals surface area contributed by atoms with E-state index in [1.54, 1.807) is 6.26 Å². The van der Waals surface area contributed by atoms with Gasteiger partial charge in [-0.05, 0) is 72.7 Å². The molecule has 0 saturated carbocycles. The maximum Gasteiger partial charge on any atom is 0.192 e. The van der Waals surface area contributed by atoms with Gasteiger partial charge in [0, 0.05) is 11.8 Å². The van der Waals surface area contributed by atoms with E-state index in [0.717, 1.165) is 37.9 Å². The number of furan rings is 1. The van der Waals surface area contributed by atoms with Gasteiger partial charge in [-0.25, -0.2) is 0 Å². The van der Waals surface area contributed by atoms with E-state index in [9.17, 15) is 5.11 Å². The first-order chi connectivity index (χ1) is 12.6. The van der Waals surface area contributed by atoms with E-state index in [1.165, 1.54) is 16.7 Å². The fourth-order valence-electron chi connectivity index (χ4n) is 4.31. The summed E-state index contributed by atoms with van der Waals surface area (Å²) in [5.41, 5.74) is 4.04. The van der Waals surface area contributed by atoms with Crippen molar-refractivity contribution in [2.75, 3.05) is 6.61 Å². The van der Waals surface area contributed by atoms with Crippen LogP contribution in [0.1, 0.15) is 59.1 Å². The van der Waals surface area contributed by atoms with Crippen LogP contribution in [0.5, 0.6) is 0 Å². The highest BCUT2D eigenvalue weighted by atomic mass is 28.4. The van der Waals surface area contributed by atoms with Gasteiger partial charge < -0.3 is 13.9 Å². The lowest BCUT2D eigenvalue weighted by atomic mass is 9.68. The van der Waals surface area contributed by atoms with Gasteiger partial charge in [0.15, 0.2) is 8.32 Å². The molecule has 2 aliphatic carbocycles. The Morgan fingerprint density at radius 2 is 2.04 bits per heavy atom. The van der Waals surface area contributed by atoms with Gasteiger partial charge in [0.25, 0.3) is 0 Å². The minimum atomic E-state index is -1.82. The molecule has 0 saturated heterocycles. The third kappa shape index (κ3) is 3.89. The number of aliphatic hydroxyl groups excluding tert-OH is 1. The molecule has 1 aromatic heterocycles. The molecule has 0 bridgehead atoms. The van der Waals surface area contributed by atoms with E-state index in [0.29, 0.717) is 0 Å². The number of aryl methyl sites for hydroxylation is 1. The Morgan fingerprint density at radius 1 is 1.30 bits per heavy atom. The molecule has 1 heterocycles. The van der Waals surface area contributed by atoms with Gasteiger partial charge in [0.05, 0.1) is 19.0 Å². The number of allylic oxidation sites excluding steroid dienone is 1. The second kappa shape index (κ2) is 7.38. The van der Waals surface area contributed by atoms with Crippen LogP contribution in [0, 0.1) is 5.41 Å². The van der Waals surface area contributed by atoms with Crippen molar-refractivity contribution in [2.24, 2.45) is 5.41 Å². The third-order valence-corrected chi connectivity index (χ3v) is 11.7. The predicted octanol–water partition coefficient (Wildman–Crippen LogP) is 6.02. The molecule has 3 rings (SSSR count). The first-order valence-corrected chi connectivity index (χ1v) is 13.2. The quantitative estimate of drug-likeness (QED) is 0.606. The van der Waals surface area contributed by atoms with Gasteiger partial charge in [0.1, 0.15) is 5.76 Å². The van der Waals surface area contributed by atoms with Crippen LogP contribution in [0.25, 0.3) is 0 Å². The van der Waals surface area contributed by atoms with Crippen molar-refractivity contribution in [1.82, 2.24) is 0 Å². The number of hydrogen-bond acceptors (Lipinski definition) is 3. The summed E-state index contributed by atoms with van der Waals surface area (Å²) < 4.78 is 12.4. The number of fused-ring (bicyclic) bond motifs is 1. The smallest absolute Gasteiger partial charge is 0.192 e. The van der Waals surface area contributed by atoms with Gasteiger partial charge in [-0.3, -0.25) is 0 Å². The average molecular weight is 389 g/mol. The highest BCUT2D eigenvalue weighted by Crippen LogP contribution is 2.54. The molecule has 0 spiro atoms. The van der Waals surface area contributed by atoms with Gasteiger partial charge in [-0.2, -0.15) is 0 Å². The van der Waals surface area contributed by atoms with Gasteiger partial charge in [-0.15, -0.1) is 0 Å². The first kappa shape index (κ1) is 20.6. The molecule has 0 aromatic carbocycles. The average Bonchev–Trinajstić information content (AvgIpc) is 3.20. The van der Waals surface area contributed by atoms with E-state index >= 15 is 0 Å². The molecule has 0 aliphatic heterocycles. The van der Waals surface area contributed by atoms with Crippen molar-refractivity contribution in [3.05, 3.63) is 47.0 Å². The Balaban J connectivity index is 1.82. The summed E-state index contributed by atoms with van der Waals surface area (Å²) in [7, 11) is -1.82. The van der Waals surface area contributed by atoms with Gasteiger partial charge in [-0.1, -0.05) is 33.8 Å². The Kier molecular flexibility index (Phi) is 5.64. The van der Waals surface area contributed by atoms with Crippen LogP contribution in [0.15, 0.2) is 45.6 Å². The summed E-state index contributed by atoms with van der Waals surface area (Å²) >= 11 is 0. The van der Waals surface area contributed by atoms with E-state index in [2.05, 4.69) is 46.9 Å². The monoisotopic (exact) mass is 388 g/mol. The van der Waals surface area contributed by atoms with Crippen molar-refractivity contribution in [3.8, 4) is 0 Å². The summed E-state index contributed by atoms with van der Waals surface area (Å²) in [6.07, 6.45) is 9.22. The second-order valence-corrected chi connectivity index (χ2v) is 14.7. The minimum Gasteiger partial charge on any atom is -0.469 e.